The Labute approximate surface area is 241 Å². The summed E-state index contributed by atoms with van der Waals surface area (Å²) in [6, 6.07) is 19.0. The fourth-order valence-corrected chi connectivity index (χ4v) is 5.71. The number of methoxy groups -OCH3 is 1. The Kier molecular flexibility index (Phi) is 10.6. The summed E-state index contributed by atoms with van der Waals surface area (Å²) in [5, 5.41) is 3.32. The monoisotopic (exact) mass is 585 g/mol. The van der Waals surface area contributed by atoms with E-state index >= 15 is 0 Å². The summed E-state index contributed by atoms with van der Waals surface area (Å²) >= 11 is 6.00. The molecule has 2 amide bonds. The fourth-order valence-electron chi connectivity index (χ4n) is 4.11. The van der Waals surface area contributed by atoms with Gasteiger partial charge in [-0.3, -0.25) is 13.9 Å². The molecule has 0 spiro atoms. The first-order chi connectivity index (χ1) is 19.0. The van der Waals surface area contributed by atoms with Gasteiger partial charge in [-0.1, -0.05) is 48.9 Å². The summed E-state index contributed by atoms with van der Waals surface area (Å²) in [4.78, 5) is 28.6. The molecule has 0 aliphatic rings. The number of halogens is 1. The predicted molar refractivity (Wildman–Crippen MR) is 158 cm³/mol. The first-order valence-electron chi connectivity index (χ1n) is 13.0. The number of para-hydroxylation sites is 1. The Morgan fingerprint density at radius 1 is 1.00 bits per heavy atom. The SMILES string of the molecule is CC[C@@H](C)NC(=O)[C@@H](C)N(Cc1cccc(OC)c1)C(=O)CN(c1ccccc1C)S(=O)(=O)c1ccc(Cl)cc1. The standard InChI is InChI=1S/C30H36ClN3O5S/c1-6-22(3)32-30(36)23(4)33(19-24-11-9-12-26(18-24)39-5)29(35)20-34(28-13-8-7-10-21(28)2)40(37,38)27-16-14-25(31)15-17-27/h7-18,22-23H,6,19-20H2,1-5H3,(H,32,36)/t22-,23-/m1/s1. The van der Waals surface area contributed by atoms with E-state index in [1.807, 2.05) is 19.9 Å². The summed E-state index contributed by atoms with van der Waals surface area (Å²) in [6.45, 7) is 6.82. The van der Waals surface area contributed by atoms with Crippen molar-refractivity contribution >= 4 is 39.1 Å². The van der Waals surface area contributed by atoms with Crippen molar-refractivity contribution in [1.29, 1.82) is 0 Å². The van der Waals surface area contributed by atoms with E-state index in [2.05, 4.69) is 5.32 Å². The molecule has 40 heavy (non-hydrogen) atoms. The largest absolute Gasteiger partial charge is 0.497 e. The van der Waals surface area contributed by atoms with Gasteiger partial charge in [-0.05, 0) is 80.8 Å². The molecule has 0 radical (unpaired) electrons. The number of rotatable bonds is 12. The lowest BCUT2D eigenvalue weighted by Gasteiger charge is -2.33. The molecule has 0 fully saturated rings. The third-order valence-corrected chi connectivity index (χ3v) is 8.75. The minimum Gasteiger partial charge on any atom is -0.497 e. The molecule has 0 unspecified atom stereocenters. The average molecular weight is 586 g/mol. The topological polar surface area (TPSA) is 96.0 Å². The normalized spacial score (nSPS) is 12.8. The Hall–Kier alpha value is -3.56. The number of sulfonamides is 1. The van der Waals surface area contributed by atoms with E-state index in [1.54, 1.807) is 63.4 Å². The predicted octanol–water partition coefficient (Wildman–Crippen LogP) is 5.18. The molecule has 3 aromatic rings. The van der Waals surface area contributed by atoms with Crippen molar-refractivity contribution in [3.05, 3.63) is 88.9 Å². The Balaban J connectivity index is 2.04. The van der Waals surface area contributed by atoms with Gasteiger partial charge < -0.3 is 15.0 Å². The first kappa shape index (κ1) is 31.0. The smallest absolute Gasteiger partial charge is 0.264 e. The highest BCUT2D eigenvalue weighted by atomic mass is 35.5. The van der Waals surface area contributed by atoms with Crippen LogP contribution in [0.25, 0.3) is 0 Å². The molecule has 1 N–H and O–H groups in total. The Morgan fingerprint density at radius 2 is 1.68 bits per heavy atom. The molecule has 3 aromatic carbocycles. The molecular formula is C30H36ClN3O5S. The van der Waals surface area contributed by atoms with Crippen LogP contribution in [0.4, 0.5) is 5.69 Å². The first-order valence-corrected chi connectivity index (χ1v) is 14.9. The van der Waals surface area contributed by atoms with E-state index < -0.39 is 28.5 Å². The zero-order valence-electron chi connectivity index (χ0n) is 23.4. The summed E-state index contributed by atoms with van der Waals surface area (Å²) in [6.07, 6.45) is 0.725. The molecular weight excluding hydrogens is 550 g/mol. The lowest BCUT2D eigenvalue weighted by molar-refractivity contribution is -0.139. The summed E-state index contributed by atoms with van der Waals surface area (Å²) in [5.74, 6) is -0.252. The maximum Gasteiger partial charge on any atom is 0.264 e. The van der Waals surface area contributed by atoms with Crippen molar-refractivity contribution in [1.82, 2.24) is 10.2 Å². The van der Waals surface area contributed by atoms with E-state index in [-0.39, 0.29) is 23.4 Å². The van der Waals surface area contributed by atoms with Gasteiger partial charge in [0.2, 0.25) is 11.8 Å². The van der Waals surface area contributed by atoms with Gasteiger partial charge in [0.1, 0.15) is 18.3 Å². The van der Waals surface area contributed by atoms with E-state index in [1.165, 1.54) is 29.2 Å². The molecule has 214 valence electrons. The van der Waals surface area contributed by atoms with Crippen LogP contribution in [0, 0.1) is 6.92 Å². The minimum atomic E-state index is -4.17. The molecule has 8 nitrogen and oxygen atoms in total. The van der Waals surface area contributed by atoms with Gasteiger partial charge in [0.25, 0.3) is 10.0 Å². The number of hydrogen-bond donors (Lipinski definition) is 1. The van der Waals surface area contributed by atoms with Gasteiger partial charge >= 0.3 is 0 Å². The number of ether oxygens (including phenoxy) is 1. The second-order valence-corrected chi connectivity index (χ2v) is 11.9. The van der Waals surface area contributed by atoms with Gasteiger partial charge in [-0.15, -0.1) is 0 Å². The number of benzene rings is 3. The molecule has 0 saturated heterocycles. The fraction of sp³-hybridized carbons (Fsp3) is 0.333. The number of nitrogens with one attached hydrogen (secondary N) is 1. The summed E-state index contributed by atoms with van der Waals surface area (Å²) < 4.78 is 34.2. The molecule has 3 rings (SSSR count). The molecule has 0 aromatic heterocycles. The van der Waals surface area contributed by atoms with Crippen LogP contribution < -0.4 is 14.4 Å². The van der Waals surface area contributed by atoms with Crippen molar-refractivity contribution in [2.75, 3.05) is 18.0 Å². The van der Waals surface area contributed by atoms with Gasteiger partial charge in [-0.25, -0.2) is 8.42 Å². The number of anilines is 1. The van der Waals surface area contributed by atoms with Crippen molar-refractivity contribution in [3.8, 4) is 5.75 Å². The van der Waals surface area contributed by atoms with Crippen LogP contribution in [0.3, 0.4) is 0 Å². The van der Waals surface area contributed by atoms with Crippen molar-refractivity contribution in [2.24, 2.45) is 0 Å². The van der Waals surface area contributed by atoms with Crippen LogP contribution in [0.2, 0.25) is 5.02 Å². The second-order valence-electron chi connectivity index (χ2n) is 9.62. The molecule has 0 bridgehead atoms. The van der Waals surface area contributed by atoms with Crippen LogP contribution in [0.5, 0.6) is 5.75 Å². The van der Waals surface area contributed by atoms with Gasteiger partial charge in [0, 0.05) is 17.6 Å². The number of nitrogens with zero attached hydrogens (tertiary/aromatic N) is 2. The molecule has 0 heterocycles. The number of amides is 2. The van der Waals surface area contributed by atoms with E-state index in [0.717, 1.165) is 16.3 Å². The number of carbonyl (C=O) groups is 2. The van der Waals surface area contributed by atoms with Gasteiger partial charge in [0.15, 0.2) is 0 Å². The number of carbonyl (C=O) groups excluding carboxylic acids is 2. The third-order valence-electron chi connectivity index (χ3n) is 6.72. The van der Waals surface area contributed by atoms with Crippen molar-refractivity contribution < 1.29 is 22.7 Å². The van der Waals surface area contributed by atoms with Crippen LogP contribution in [0.15, 0.2) is 77.7 Å². The lowest BCUT2D eigenvalue weighted by Crippen LogP contribution is -2.52. The molecule has 0 aliphatic heterocycles. The maximum atomic E-state index is 14.0. The van der Waals surface area contributed by atoms with Gasteiger partial charge in [0.05, 0.1) is 17.7 Å². The van der Waals surface area contributed by atoms with Crippen LogP contribution in [-0.2, 0) is 26.2 Å². The van der Waals surface area contributed by atoms with Crippen molar-refractivity contribution in [2.45, 2.75) is 57.6 Å². The van der Waals surface area contributed by atoms with E-state index in [4.69, 9.17) is 16.3 Å². The molecule has 0 aliphatic carbocycles. The highest BCUT2D eigenvalue weighted by molar-refractivity contribution is 7.92. The summed E-state index contributed by atoms with van der Waals surface area (Å²) in [7, 11) is -2.62. The highest BCUT2D eigenvalue weighted by Crippen LogP contribution is 2.28. The van der Waals surface area contributed by atoms with Gasteiger partial charge in [-0.2, -0.15) is 0 Å². The zero-order valence-corrected chi connectivity index (χ0v) is 25.0. The van der Waals surface area contributed by atoms with E-state index in [9.17, 15) is 18.0 Å². The minimum absolute atomic E-state index is 0.00476. The summed E-state index contributed by atoms with van der Waals surface area (Å²) in [5.41, 5.74) is 1.78. The Morgan fingerprint density at radius 3 is 2.30 bits per heavy atom. The highest BCUT2D eigenvalue weighted by Gasteiger charge is 2.33. The average Bonchev–Trinajstić information content (AvgIpc) is 2.94. The third kappa shape index (κ3) is 7.55. The van der Waals surface area contributed by atoms with Crippen LogP contribution in [-0.4, -0.2) is 50.9 Å². The van der Waals surface area contributed by atoms with E-state index in [0.29, 0.717) is 22.0 Å². The number of hydrogen-bond acceptors (Lipinski definition) is 5. The lowest BCUT2D eigenvalue weighted by atomic mass is 10.1. The van der Waals surface area contributed by atoms with Crippen LogP contribution >= 0.6 is 11.6 Å². The Bertz CT molecular complexity index is 1430. The molecule has 10 heteroatoms. The zero-order chi connectivity index (χ0) is 29.4. The second kappa shape index (κ2) is 13.7. The maximum absolute atomic E-state index is 14.0. The van der Waals surface area contributed by atoms with Crippen molar-refractivity contribution in [3.63, 3.8) is 0 Å². The number of aryl methyl sites for hydroxylation is 1. The molecule has 2 atom stereocenters. The quantitative estimate of drug-likeness (QED) is 0.316. The molecule has 0 saturated carbocycles. The van der Waals surface area contributed by atoms with Crippen LogP contribution in [0.1, 0.15) is 38.3 Å².